The van der Waals surface area contributed by atoms with Crippen LogP contribution in [-0.4, -0.2) is 24.5 Å². The second-order valence-corrected chi connectivity index (χ2v) is 5.87. The highest BCUT2D eigenvalue weighted by molar-refractivity contribution is 5.89. The number of carbonyl (C=O) groups is 1. The molecule has 3 nitrogen and oxygen atoms in total. The Kier molecular flexibility index (Phi) is 4.72. The van der Waals surface area contributed by atoms with Crippen LogP contribution in [-0.2, 0) is 11.3 Å². The van der Waals surface area contributed by atoms with E-state index in [0.29, 0.717) is 5.56 Å². The Balaban J connectivity index is 1.72. The highest BCUT2D eigenvalue weighted by atomic mass is 19.1. The molecule has 0 aliphatic carbocycles. The number of halogens is 1. The van der Waals surface area contributed by atoms with Crippen molar-refractivity contribution in [1.82, 2.24) is 4.90 Å². The number of nitrogens with zero attached hydrogens (tertiary/aromatic N) is 1. The summed E-state index contributed by atoms with van der Waals surface area (Å²) in [6.07, 6.45) is 2.16. The molecule has 1 saturated heterocycles. The summed E-state index contributed by atoms with van der Waals surface area (Å²) in [5.74, 6) is -0.507. The maximum Gasteiger partial charge on any atom is 0.337 e. The molecule has 1 aliphatic rings. The lowest BCUT2D eigenvalue weighted by Gasteiger charge is -2.25. The number of benzene rings is 2. The molecule has 0 saturated carbocycles. The molecule has 3 rings (SSSR count). The largest absolute Gasteiger partial charge is 0.465 e. The number of carbonyl (C=O) groups excluding carboxylic acids is 1. The number of esters is 1. The van der Waals surface area contributed by atoms with Gasteiger partial charge in [0.15, 0.2) is 0 Å². The minimum Gasteiger partial charge on any atom is -0.465 e. The van der Waals surface area contributed by atoms with E-state index in [1.807, 2.05) is 18.2 Å². The molecular weight excluding hydrogens is 293 g/mol. The van der Waals surface area contributed by atoms with Gasteiger partial charge >= 0.3 is 5.97 Å². The second-order valence-electron chi connectivity index (χ2n) is 5.87. The number of ether oxygens (including phenoxy) is 1. The fraction of sp³-hybridized carbons (Fsp3) is 0.316. The van der Waals surface area contributed by atoms with E-state index < -0.39 is 0 Å². The van der Waals surface area contributed by atoms with Gasteiger partial charge in [-0.05, 0) is 54.8 Å². The summed E-state index contributed by atoms with van der Waals surface area (Å²) in [6.45, 7) is 1.79. The highest BCUT2D eigenvalue weighted by Gasteiger charge is 2.26. The molecule has 2 aromatic carbocycles. The van der Waals surface area contributed by atoms with Crippen LogP contribution in [0.15, 0.2) is 48.5 Å². The zero-order chi connectivity index (χ0) is 16.2. The van der Waals surface area contributed by atoms with Crippen LogP contribution in [0.25, 0.3) is 0 Å². The molecule has 0 unspecified atom stereocenters. The van der Waals surface area contributed by atoms with Crippen molar-refractivity contribution in [3.63, 3.8) is 0 Å². The summed E-state index contributed by atoms with van der Waals surface area (Å²) in [5.41, 5.74) is 2.73. The van der Waals surface area contributed by atoms with Crippen LogP contribution in [0.2, 0.25) is 0 Å². The summed E-state index contributed by atoms with van der Waals surface area (Å²) in [6, 6.07) is 14.6. The number of hydrogen-bond donors (Lipinski definition) is 0. The van der Waals surface area contributed by atoms with E-state index in [-0.39, 0.29) is 17.8 Å². The van der Waals surface area contributed by atoms with Crippen molar-refractivity contribution in [3.8, 4) is 0 Å². The Morgan fingerprint density at radius 1 is 1.26 bits per heavy atom. The first kappa shape index (κ1) is 15.7. The minimum absolute atomic E-state index is 0.184. The van der Waals surface area contributed by atoms with Crippen molar-refractivity contribution in [3.05, 3.63) is 71.0 Å². The average Bonchev–Trinajstić information content (AvgIpc) is 3.03. The third kappa shape index (κ3) is 3.59. The van der Waals surface area contributed by atoms with Gasteiger partial charge < -0.3 is 4.74 Å². The quantitative estimate of drug-likeness (QED) is 0.801. The van der Waals surface area contributed by atoms with Gasteiger partial charge in [0, 0.05) is 12.6 Å². The van der Waals surface area contributed by atoms with Crippen molar-refractivity contribution in [2.24, 2.45) is 0 Å². The van der Waals surface area contributed by atoms with Crippen LogP contribution in [0, 0.1) is 5.82 Å². The van der Waals surface area contributed by atoms with Crippen molar-refractivity contribution >= 4 is 5.97 Å². The monoisotopic (exact) mass is 313 g/mol. The van der Waals surface area contributed by atoms with Gasteiger partial charge in [0.1, 0.15) is 5.82 Å². The highest BCUT2D eigenvalue weighted by Crippen LogP contribution is 2.33. The van der Waals surface area contributed by atoms with Gasteiger partial charge in [-0.15, -0.1) is 0 Å². The molecule has 0 radical (unpaired) electrons. The van der Waals surface area contributed by atoms with E-state index in [1.165, 1.54) is 13.2 Å². The Labute approximate surface area is 135 Å². The van der Waals surface area contributed by atoms with Crippen LogP contribution >= 0.6 is 0 Å². The Hall–Kier alpha value is -2.20. The lowest BCUT2D eigenvalue weighted by atomic mass is 10.0. The van der Waals surface area contributed by atoms with Gasteiger partial charge in [-0.3, -0.25) is 4.90 Å². The van der Waals surface area contributed by atoms with E-state index in [4.69, 9.17) is 4.74 Å². The van der Waals surface area contributed by atoms with Crippen LogP contribution in [0.1, 0.15) is 40.4 Å². The molecule has 1 atom stereocenters. The van der Waals surface area contributed by atoms with Crippen molar-refractivity contribution in [2.75, 3.05) is 13.7 Å². The SMILES string of the molecule is COC(=O)c1ccc(CN2CCC[C@@H]2c2cccc(F)c2)cc1. The van der Waals surface area contributed by atoms with Gasteiger partial charge in [0.2, 0.25) is 0 Å². The number of hydrogen-bond acceptors (Lipinski definition) is 3. The van der Waals surface area contributed by atoms with Crippen molar-refractivity contribution in [2.45, 2.75) is 25.4 Å². The zero-order valence-corrected chi connectivity index (χ0v) is 13.2. The fourth-order valence-electron chi connectivity index (χ4n) is 3.21. The van der Waals surface area contributed by atoms with Gasteiger partial charge in [-0.25, -0.2) is 9.18 Å². The Bertz CT molecular complexity index is 684. The molecule has 0 spiro atoms. The van der Waals surface area contributed by atoms with Crippen LogP contribution < -0.4 is 0 Å². The second kappa shape index (κ2) is 6.92. The van der Waals surface area contributed by atoms with E-state index in [0.717, 1.165) is 37.1 Å². The lowest BCUT2D eigenvalue weighted by molar-refractivity contribution is 0.0600. The summed E-state index contributed by atoms with van der Waals surface area (Å²) < 4.78 is 18.2. The van der Waals surface area contributed by atoms with E-state index in [2.05, 4.69) is 4.90 Å². The summed E-state index contributed by atoms with van der Waals surface area (Å²) >= 11 is 0. The van der Waals surface area contributed by atoms with Gasteiger partial charge in [-0.2, -0.15) is 0 Å². The number of methoxy groups -OCH3 is 1. The van der Waals surface area contributed by atoms with Crippen molar-refractivity contribution in [1.29, 1.82) is 0 Å². The van der Waals surface area contributed by atoms with E-state index in [9.17, 15) is 9.18 Å². The molecule has 0 aromatic heterocycles. The molecule has 0 amide bonds. The first-order valence-electron chi connectivity index (χ1n) is 7.84. The molecule has 0 bridgehead atoms. The normalized spacial score (nSPS) is 18.1. The number of rotatable bonds is 4. The lowest BCUT2D eigenvalue weighted by Crippen LogP contribution is -2.22. The van der Waals surface area contributed by atoms with Gasteiger partial charge in [0.25, 0.3) is 0 Å². The fourth-order valence-corrected chi connectivity index (χ4v) is 3.21. The zero-order valence-electron chi connectivity index (χ0n) is 13.2. The molecule has 0 N–H and O–H groups in total. The summed E-state index contributed by atoms with van der Waals surface area (Å²) in [4.78, 5) is 13.8. The molecule has 4 heteroatoms. The van der Waals surface area contributed by atoms with Crippen LogP contribution in [0.4, 0.5) is 4.39 Å². The predicted molar refractivity (Wildman–Crippen MR) is 86.6 cm³/mol. The maximum absolute atomic E-state index is 13.5. The minimum atomic E-state index is -0.324. The van der Waals surface area contributed by atoms with Gasteiger partial charge in [0.05, 0.1) is 12.7 Å². The molecular formula is C19H20FNO2. The topological polar surface area (TPSA) is 29.5 Å². The summed E-state index contributed by atoms with van der Waals surface area (Å²) in [7, 11) is 1.38. The molecule has 1 aliphatic heterocycles. The average molecular weight is 313 g/mol. The van der Waals surface area contributed by atoms with Crippen molar-refractivity contribution < 1.29 is 13.9 Å². The first-order valence-corrected chi connectivity index (χ1v) is 7.84. The van der Waals surface area contributed by atoms with E-state index in [1.54, 1.807) is 24.3 Å². The third-order valence-electron chi connectivity index (χ3n) is 4.36. The molecule has 1 fully saturated rings. The summed E-state index contributed by atoms with van der Waals surface area (Å²) in [5, 5.41) is 0. The van der Waals surface area contributed by atoms with E-state index >= 15 is 0 Å². The third-order valence-corrected chi connectivity index (χ3v) is 4.36. The Morgan fingerprint density at radius 3 is 2.74 bits per heavy atom. The molecule has 1 heterocycles. The van der Waals surface area contributed by atoms with Crippen LogP contribution in [0.5, 0.6) is 0 Å². The maximum atomic E-state index is 13.5. The first-order chi connectivity index (χ1) is 11.2. The van der Waals surface area contributed by atoms with Gasteiger partial charge in [-0.1, -0.05) is 24.3 Å². The molecule has 2 aromatic rings. The smallest absolute Gasteiger partial charge is 0.337 e. The van der Waals surface area contributed by atoms with Crippen LogP contribution in [0.3, 0.4) is 0 Å². The predicted octanol–water partition coefficient (Wildman–Crippen LogP) is 3.95. The Morgan fingerprint density at radius 2 is 2.04 bits per heavy atom. The molecule has 23 heavy (non-hydrogen) atoms. The molecule has 120 valence electrons. The number of likely N-dealkylation sites (tertiary alicyclic amines) is 1. The standard InChI is InChI=1S/C19H20FNO2/c1-23-19(22)15-9-7-14(8-10-15)13-21-11-3-6-18(21)16-4-2-5-17(20)12-16/h2,4-5,7-10,12,18H,3,6,11,13H2,1H3/t18-/m1/s1.